The third-order valence-electron chi connectivity index (χ3n) is 4.56. The van der Waals surface area contributed by atoms with Gasteiger partial charge in [0.15, 0.2) is 0 Å². The maximum atomic E-state index is 12.8. The van der Waals surface area contributed by atoms with Gasteiger partial charge in [-0.15, -0.1) is 0 Å². The number of rotatable bonds is 3. The molecule has 0 radical (unpaired) electrons. The minimum absolute atomic E-state index is 0.138. The van der Waals surface area contributed by atoms with Crippen LogP contribution in [0.4, 0.5) is 5.69 Å². The Hall–Kier alpha value is -2.69. The molecule has 24 heavy (non-hydrogen) atoms. The van der Waals surface area contributed by atoms with Crippen LogP contribution < -0.4 is 5.32 Å². The van der Waals surface area contributed by atoms with Crippen molar-refractivity contribution in [3.63, 3.8) is 0 Å². The summed E-state index contributed by atoms with van der Waals surface area (Å²) in [5.74, 6) is -1.26. The average Bonchev–Trinajstić information content (AvgIpc) is 2.85. The predicted octanol–water partition coefficient (Wildman–Crippen LogP) is 2.51. The number of aryl methyl sites for hydroxylation is 2. The summed E-state index contributed by atoms with van der Waals surface area (Å²) in [4.78, 5) is 31.0. The Morgan fingerprint density at radius 3 is 2.79 bits per heavy atom. The smallest absolute Gasteiger partial charge is 0.237 e. The summed E-state index contributed by atoms with van der Waals surface area (Å²) in [6.45, 7) is 4.46. The van der Waals surface area contributed by atoms with Crippen molar-refractivity contribution in [2.45, 2.75) is 19.8 Å². The zero-order chi connectivity index (χ0) is 17.3. The average molecular weight is 323 g/mol. The molecule has 1 saturated heterocycles. The molecule has 0 aliphatic carbocycles. The molecular formula is C19H21N3O2. The number of nitrogens with zero attached hydrogens (tertiary/aromatic N) is 2. The van der Waals surface area contributed by atoms with E-state index in [0.717, 1.165) is 16.7 Å². The predicted molar refractivity (Wildman–Crippen MR) is 92.7 cm³/mol. The van der Waals surface area contributed by atoms with Crippen LogP contribution in [0.2, 0.25) is 0 Å². The summed E-state index contributed by atoms with van der Waals surface area (Å²) in [6, 6.07) is 9.84. The van der Waals surface area contributed by atoms with Crippen molar-refractivity contribution < 1.29 is 9.59 Å². The van der Waals surface area contributed by atoms with Crippen LogP contribution in [0.5, 0.6) is 0 Å². The van der Waals surface area contributed by atoms with Crippen LogP contribution in [0.15, 0.2) is 42.7 Å². The molecule has 0 saturated carbocycles. The summed E-state index contributed by atoms with van der Waals surface area (Å²) in [5, 5.41) is 2.87. The van der Waals surface area contributed by atoms with Crippen LogP contribution in [0.25, 0.3) is 0 Å². The summed E-state index contributed by atoms with van der Waals surface area (Å²) >= 11 is 0. The zero-order valence-corrected chi connectivity index (χ0v) is 14.1. The van der Waals surface area contributed by atoms with Gasteiger partial charge in [-0.05, 0) is 31.0 Å². The summed E-state index contributed by atoms with van der Waals surface area (Å²) in [6.07, 6.45) is 3.28. The van der Waals surface area contributed by atoms with Gasteiger partial charge in [0.1, 0.15) is 5.92 Å². The molecule has 2 amide bonds. The highest BCUT2D eigenvalue weighted by molar-refractivity contribution is 6.08. The molecule has 0 spiro atoms. The number of hydrogen-bond acceptors (Lipinski definition) is 3. The number of anilines is 1. The lowest BCUT2D eigenvalue weighted by atomic mass is 9.87. The molecule has 0 unspecified atom stereocenters. The number of nitrogens with one attached hydrogen (secondary N) is 1. The van der Waals surface area contributed by atoms with Crippen LogP contribution in [-0.4, -0.2) is 35.3 Å². The second-order valence-corrected chi connectivity index (χ2v) is 6.40. The fourth-order valence-electron chi connectivity index (χ4n) is 3.20. The van der Waals surface area contributed by atoms with Gasteiger partial charge in [-0.3, -0.25) is 14.6 Å². The highest BCUT2D eigenvalue weighted by atomic mass is 16.2. The first kappa shape index (κ1) is 16.2. The molecule has 1 aromatic carbocycles. The van der Waals surface area contributed by atoms with Crippen LogP contribution in [0, 0.1) is 19.8 Å². The van der Waals surface area contributed by atoms with Crippen molar-refractivity contribution in [1.82, 2.24) is 9.88 Å². The van der Waals surface area contributed by atoms with Gasteiger partial charge in [0, 0.05) is 25.7 Å². The molecule has 2 aromatic rings. The number of pyridine rings is 1. The van der Waals surface area contributed by atoms with Crippen LogP contribution >= 0.6 is 0 Å². The van der Waals surface area contributed by atoms with Gasteiger partial charge in [0.25, 0.3) is 0 Å². The van der Waals surface area contributed by atoms with Crippen molar-refractivity contribution in [1.29, 1.82) is 0 Å². The van der Waals surface area contributed by atoms with Gasteiger partial charge in [0.2, 0.25) is 11.8 Å². The van der Waals surface area contributed by atoms with Crippen LogP contribution in [-0.2, 0) is 9.59 Å². The Bertz CT molecular complexity index is 788. The Kier molecular flexibility index (Phi) is 4.34. The third kappa shape index (κ3) is 3.02. The molecule has 3 rings (SSSR count). The van der Waals surface area contributed by atoms with Crippen molar-refractivity contribution in [2.75, 3.05) is 18.9 Å². The molecule has 1 aliphatic rings. The lowest BCUT2D eigenvalue weighted by Gasteiger charge is -2.18. The number of carbonyl (C=O) groups is 2. The lowest BCUT2D eigenvalue weighted by Crippen LogP contribution is -2.33. The zero-order valence-electron chi connectivity index (χ0n) is 14.1. The van der Waals surface area contributed by atoms with Gasteiger partial charge in [-0.1, -0.05) is 29.8 Å². The molecule has 1 aliphatic heterocycles. The molecule has 5 heteroatoms. The van der Waals surface area contributed by atoms with Crippen molar-refractivity contribution in [2.24, 2.45) is 5.92 Å². The molecule has 1 fully saturated rings. The van der Waals surface area contributed by atoms with E-state index in [4.69, 9.17) is 0 Å². The maximum Gasteiger partial charge on any atom is 0.237 e. The second-order valence-electron chi connectivity index (χ2n) is 6.40. The Balaban J connectivity index is 1.89. The van der Waals surface area contributed by atoms with Crippen LogP contribution in [0.1, 0.15) is 22.6 Å². The molecule has 1 aromatic heterocycles. The van der Waals surface area contributed by atoms with E-state index in [1.807, 2.05) is 44.2 Å². The Labute approximate surface area is 141 Å². The van der Waals surface area contributed by atoms with E-state index in [9.17, 15) is 9.59 Å². The van der Waals surface area contributed by atoms with E-state index < -0.39 is 5.92 Å². The van der Waals surface area contributed by atoms with Crippen molar-refractivity contribution in [3.05, 3.63) is 59.4 Å². The maximum absolute atomic E-state index is 12.8. The van der Waals surface area contributed by atoms with Gasteiger partial charge in [-0.25, -0.2) is 0 Å². The summed E-state index contributed by atoms with van der Waals surface area (Å²) in [7, 11) is 1.74. The fraction of sp³-hybridized carbons (Fsp3) is 0.316. The topological polar surface area (TPSA) is 62.3 Å². The van der Waals surface area contributed by atoms with Gasteiger partial charge >= 0.3 is 0 Å². The molecule has 2 heterocycles. The lowest BCUT2D eigenvalue weighted by molar-refractivity contribution is -0.135. The normalized spacial score (nSPS) is 20.3. The number of likely N-dealkylation sites (tertiary alicyclic amines) is 1. The fourth-order valence-corrected chi connectivity index (χ4v) is 3.20. The van der Waals surface area contributed by atoms with Gasteiger partial charge in [0.05, 0.1) is 11.9 Å². The van der Waals surface area contributed by atoms with E-state index in [1.54, 1.807) is 24.3 Å². The third-order valence-corrected chi connectivity index (χ3v) is 4.56. The SMILES string of the molecule is Cc1cccc([C@H]2CN(C)C(=O)[C@@H]2C(=O)Nc2cnccc2C)c1. The molecule has 124 valence electrons. The summed E-state index contributed by atoms with van der Waals surface area (Å²) < 4.78 is 0. The molecule has 5 nitrogen and oxygen atoms in total. The van der Waals surface area contributed by atoms with E-state index in [2.05, 4.69) is 10.3 Å². The minimum atomic E-state index is -0.712. The van der Waals surface area contributed by atoms with E-state index >= 15 is 0 Å². The number of amides is 2. The number of carbonyl (C=O) groups excluding carboxylic acids is 2. The van der Waals surface area contributed by atoms with Gasteiger partial charge in [-0.2, -0.15) is 0 Å². The van der Waals surface area contributed by atoms with Crippen molar-refractivity contribution >= 4 is 17.5 Å². The number of hydrogen-bond donors (Lipinski definition) is 1. The second kappa shape index (κ2) is 6.43. The number of likely N-dealkylation sites (N-methyl/N-ethyl adjacent to an activating group) is 1. The Morgan fingerprint density at radius 1 is 1.29 bits per heavy atom. The minimum Gasteiger partial charge on any atom is -0.344 e. The van der Waals surface area contributed by atoms with E-state index in [0.29, 0.717) is 12.2 Å². The Morgan fingerprint density at radius 2 is 2.08 bits per heavy atom. The highest BCUT2D eigenvalue weighted by Gasteiger charge is 2.44. The quantitative estimate of drug-likeness (QED) is 0.883. The number of aromatic nitrogens is 1. The number of benzene rings is 1. The molecular weight excluding hydrogens is 302 g/mol. The van der Waals surface area contributed by atoms with E-state index in [1.165, 1.54) is 0 Å². The van der Waals surface area contributed by atoms with E-state index in [-0.39, 0.29) is 17.7 Å². The first-order chi connectivity index (χ1) is 11.5. The van der Waals surface area contributed by atoms with Crippen molar-refractivity contribution in [3.8, 4) is 0 Å². The molecule has 2 atom stereocenters. The molecule has 0 bridgehead atoms. The monoisotopic (exact) mass is 323 g/mol. The standard InChI is InChI=1S/C19H21N3O2/c1-12-5-4-6-14(9-12)15-11-22(3)19(24)17(15)18(23)21-16-10-20-8-7-13(16)2/h4-10,15,17H,11H2,1-3H3,(H,21,23)/t15-,17+/m1/s1. The highest BCUT2D eigenvalue weighted by Crippen LogP contribution is 2.34. The molecule has 1 N–H and O–H groups in total. The first-order valence-corrected chi connectivity index (χ1v) is 8.00. The summed E-state index contributed by atoms with van der Waals surface area (Å²) in [5.41, 5.74) is 3.71. The van der Waals surface area contributed by atoms with Gasteiger partial charge < -0.3 is 10.2 Å². The van der Waals surface area contributed by atoms with Crippen LogP contribution in [0.3, 0.4) is 0 Å². The largest absolute Gasteiger partial charge is 0.344 e. The first-order valence-electron chi connectivity index (χ1n) is 8.00.